The highest BCUT2D eigenvalue weighted by atomic mass is 16.5. The van der Waals surface area contributed by atoms with Crippen LogP contribution < -0.4 is 0 Å². The first-order valence-electron chi connectivity index (χ1n) is 5.66. The van der Waals surface area contributed by atoms with E-state index in [0.29, 0.717) is 5.69 Å². The van der Waals surface area contributed by atoms with Gasteiger partial charge in [0.1, 0.15) is 0 Å². The zero-order valence-corrected chi connectivity index (χ0v) is 11.1. The topological polar surface area (TPSA) is 59.5 Å². The second kappa shape index (κ2) is 5.62. The molecule has 18 heavy (non-hydrogen) atoms. The number of aromatic nitrogens is 1. The van der Waals surface area contributed by atoms with Crippen molar-refractivity contribution >= 4 is 12.0 Å². The number of hydrogen-bond donors (Lipinski definition) is 0. The maximum Gasteiger partial charge on any atom is 0.416 e. The van der Waals surface area contributed by atoms with Gasteiger partial charge in [0, 0.05) is 11.6 Å². The van der Waals surface area contributed by atoms with Crippen LogP contribution in [0.25, 0.3) is 0 Å². The first kappa shape index (κ1) is 14.2. The zero-order chi connectivity index (χ0) is 13.8. The van der Waals surface area contributed by atoms with E-state index in [1.807, 2.05) is 0 Å². The molecule has 1 rings (SSSR count). The van der Waals surface area contributed by atoms with E-state index in [9.17, 15) is 9.59 Å². The first-order chi connectivity index (χ1) is 8.36. The summed E-state index contributed by atoms with van der Waals surface area (Å²) in [6.45, 7) is 5.38. The molecule has 0 unspecified atom stereocenters. The Morgan fingerprint density at radius 3 is 2.44 bits per heavy atom. The van der Waals surface area contributed by atoms with E-state index in [2.05, 4.69) is 9.72 Å². The molecule has 0 atom stereocenters. The number of methoxy groups -OCH3 is 1. The number of hydrogen-bond acceptors (Lipinski definition) is 4. The van der Waals surface area contributed by atoms with Gasteiger partial charge in [0.05, 0.1) is 19.3 Å². The normalized spacial score (nSPS) is 10.9. The molecule has 0 saturated carbocycles. The third kappa shape index (κ3) is 3.55. The molecule has 1 aromatic rings. The van der Waals surface area contributed by atoms with Crippen molar-refractivity contribution in [2.45, 2.75) is 27.3 Å². The third-order valence-corrected chi connectivity index (χ3v) is 2.33. The number of imide groups is 1. The Bertz CT molecular complexity index is 424. The smallest absolute Gasteiger partial charge is 0.416 e. The number of ether oxygens (including phenoxy) is 1. The minimum absolute atomic E-state index is 0.115. The molecule has 0 aliphatic rings. The summed E-state index contributed by atoms with van der Waals surface area (Å²) >= 11 is 0. The maximum atomic E-state index is 12.2. The SMILES string of the molecule is COC(=O)N(Cc1ccccn1)C(=O)C(C)(C)C. The third-order valence-electron chi connectivity index (χ3n) is 2.33. The van der Waals surface area contributed by atoms with E-state index in [1.165, 1.54) is 7.11 Å². The Morgan fingerprint density at radius 2 is 2.00 bits per heavy atom. The molecule has 98 valence electrons. The van der Waals surface area contributed by atoms with Crippen molar-refractivity contribution in [3.05, 3.63) is 30.1 Å². The lowest BCUT2D eigenvalue weighted by Crippen LogP contribution is -2.43. The van der Waals surface area contributed by atoms with E-state index < -0.39 is 11.5 Å². The second-order valence-corrected chi connectivity index (χ2v) is 4.93. The van der Waals surface area contributed by atoms with Crippen LogP contribution in [-0.2, 0) is 16.1 Å². The predicted molar refractivity (Wildman–Crippen MR) is 66.6 cm³/mol. The molecule has 0 fully saturated rings. The summed E-state index contributed by atoms with van der Waals surface area (Å²) in [5.41, 5.74) is -0.0105. The number of rotatable bonds is 2. The van der Waals surface area contributed by atoms with Gasteiger partial charge in [0.15, 0.2) is 0 Å². The molecule has 0 aliphatic carbocycles. The van der Waals surface area contributed by atoms with Crippen LogP contribution in [0.5, 0.6) is 0 Å². The zero-order valence-electron chi connectivity index (χ0n) is 11.1. The molecular weight excluding hydrogens is 232 g/mol. The van der Waals surface area contributed by atoms with Gasteiger partial charge < -0.3 is 4.74 Å². The summed E-state index contributed by atoms with van der Waals surface area (Å²) in [4.78, 5) is 29.0. The van der Waals surface area contributed by atoms with Gasteiger partial charge in [0.2, 0.25) is 5.91 Å². The molecule has 0 aromatic carbocycles. The Kier molecular flexibility index (Phi) is 4.42. The van der Waals surface area contributed by atoms with E-state index in [0.717, 1.165) is 4.90 Å². The molecule has 0 radical (unpaired) electrons. The second-order valence-electron chi connectivity index (χ2n) is 4.93. The van der Waals surface area contributed by atoms with Crippen molar-refractivity contribution in [3.63, 3.8) is 0 Å². The molecule has 1 heterocycles. The average Bonchev–Trinajstić information content (AvgIpc) is 2.34. The Balaban J connectivity index is 2.94. The highest BCUT2D eigenvalue weighted by Gasteiger charge is 2.32. The van der Waals surface area contributed by atoms with Gasteiger partial charge >= 0.3 is 6.09 Å². The minimum atomic E-state index is -0.666. The molecule has 2 amide bonds. The molecule has 0 N–H and O–H groups in total. The van der Waals surface area contributed by atoms with Crippen molar-refractivity contribution in [2.75, 3.05) is 7.11 Å². The number of carbonyl (C=O) groups is 2. The van der Waals surface area contributed by atoms with Gasteiger partial charge in [-0.15, -0.1) is 0 Å². The maximum absolute atomic E-state index is 12.2. The van der Waals surface area contributed by atoms with Crippen molar-refractivity contribution in [3.8, 4) is 0 Å². The fraction of sp³-hybridized carbons (Fsp3) is 0.462. The standard InChI is InChI=1S/C13H18N2O3/c1-13(2,3)11(16)15(12(17)18-4)9-10-7-5-6-8-14-10/h5-8H,9H2,1-4H3. The molecular formula is C13H18N2O3. The van der Waals surface area contributed by atoms with Crippen LogP contribution in [0.3, 0.4) is 0 Å². The average molecular weight is 250 g/mol. The summed E-state index contributed by atoms with van der Waals surface area (Å²) in [5.74, 6) is -0.292. The van der Waals surface area contributed by atoms with Crippen LogP contribution in [0.15, 0.2) is 24.4 Å². The quantitative estimate of drug-likeness (QED) is 0.807. The Labute approximate surface area is 107 Å². The number of pyridine rings is 1. The lowest BCUT2D eigenvalue weighted by atomic mass is 9.95. The molecule has 5 heteroatoms. The first-order valence-corrected chi connectivity index (χ1v) is 5.66. The van der Waals surface area contributed by atoms with Gasteiger partial charge in [-0.25, -0.2) is 9.69 Å². The van der Waals surface area contributed by atoms with Crippen LogP contribution in [-0.4, -0.2) is 29.0 Å². The summed E-state index contributed by atoms with van der Waals surface area (Å²) in [6, 6.07) is 5.34. The largest absolute Gasteiger partial charge is 0.452 e. The molecule has 0 spiro atoms. The van der Waals surface area contributed by atoms with Crippen LogP contribution in [0.1, 0.15) is 26.5 Å². The van der Waals surface area contributed by atoms with Crippen molar-refractivity contribution in [2.24, 2.45) is 5.41 Å². The van der Waals surface area contributed by atoms with E-state index in [1.54, 1.807) is 45.2 Å². The van der Waals surface area contributed by atoms with Gasteiger partial charge in [-0.1, -0.05) is 26.8 Å². The summed E-state index contributed by atoms with van der Waals surface area (Å²) in [6.07, 6.45) is 0.951. The van der Waals surface area contributed by atoms with Crippen LogP contribution >= 0.6 is 0 Å². The van der Waals surface area contributed by atoms with Gasteiger partial charge in [0.25, 0.3) is 0 Å². The number of nitrogens with zero attached hydrogens (tertiary/aromatic N) is 2. The van der Waals surface area contributed by atoms with Crippen LogP contribution in [0.4, 0.5) is 4.79 Å². The van der Waals surface area contributed by atoms with Gasteiger partial charge in [-0.2, -0.15) is 0 Å². The molecule has 0 saturated heterocycles. The number of amides is 2. The fourth-order valence-electron chi connectivity index (χ4n) is 1.39. The van der Waals surface area contributed by atoms with E-state index >= 15 is 0 Å². The van der Waals surface area contributed by atoms with Crippen molar-refractivity contribution in [1.29, 1.82) is 0 Å². The highest BCUT2D eigenvalue weighted by Crippen LogP contribution is 2.19. The van der Waals surface area contributed by atoms with E-state index in [4.69, 9.17) is 0 Å². The lowest BCUT2D eigenvalue weighted by Gasteiger charge is -2.26. The molecule has 0 bridgehead atoms. The van der Waals surface area contributed by atoms with Crippen molar-refractivity contribution < 1.29 is 14.3 Å². The van der Waals surface area contributed by atoms with Crippen LogP contribution in [0, 0.1) is 5.41 Å². The summed E-state index contributed by atoms with van der Waals surface area (Å²) < 4.78 is 4.64. The fourth-order valence-corrected chi connectivity index (χ4v) is 1.39. The number of carbonyl (C=O) groups excluding carboxylic acids is 2. The predicted octanol–water partition coefficient (Wildman–Crippen LogP) is 2.22. The Hall–Kier alpha value is -1.91. The monoisotopic (exact) mass is 250 g/mol. The van der Waals surface area contributed by atoms with E-state index in [-0.39, 0.29) is 12.5 Å². The summed E-state index contributed by atoms with van der Waals surface area (Å²) in [7, 11) is 1.25. The Morgan fingerprint density at radius 1 is 1.33 bits per heavy atom. The van der Waals surface area contributed by atoms with Crippen LogP contribution in [0.2, 0.25) is 0 Å². The van der Waals surface area contributed by atoms with Gasteiger partial charge in [-0.3, -0.25) is 9.78 Å². The molecule has 5 nitrogen and oxygen atoms in total. The lowest BCUT2D eigenvalue weighted by molar-refractivity contribution is -0.138. The highest BCUT2D eigenvalue weighted by molar-refractivity contribution is 5.94. The minimum Gasteiger partial charge on any atom is -0.452 e. The molecule has 0 aliphatic heterocycles. The van der Waals surface area contributed by atoms with Crippen molar-refractivity contribution in [1.82, 2.24) is 9.88 Å². The van der Waals surface area contributed by atoms with Gasteiger partial charge in [-0.05, 0) is 12.1 Å². The molecule has 1 aromatic heterocycles. The summed E-state index contributed by atoms with van der Waals surface area (Å²) in [5, 5.41) is 0.